The summed E-state index contributed by atoms with van der Waals surface area (Å²) in [7, 11) is 0. The van der Waals surface area contributed by atoms with E-state index in [0.29, 0.717) is 5.92 Å². The van der Waals surface area contributed by atoms with Gasteiger partial charge in [-0.15, -0.1) is 0 Å². The Bertz CT molecular complexity index is 472. The van der Waals surface area contributed by atoms with Crippen molar-refractivity contribution in [1.29, 1.82) is 0 Å². The van der Waals surface area contributed by atoms with Crippen LogP contribution in [-0.4, -0.2) is 9.97 Å². The van der Waals surface area contributed by atoms with E-state index in [1.165, 1.54) is 37.7 Å². The molecule has 2 N–H and O–H groups in total. The van der Waals surface area contributed by atoms with Crippen molar-refractivity contribution in [2.75, 3.05) is 5.73 Å². The zero-order valence-electron chi connectivity index (χ0n) is 11.9. The minimum atomic E-state index is 0.647. The first-order valence-corrected chi connectivity index (χ1v) is 7.72. The number of aromatic nitrogens is 2. The third kappa shape index (κ3) is 1.70. The summed E-state index contributed by atoms with van der Waals surface area (Å²) >= 11 is 0. The van der Waals surface area contributed by atoms with E-state index in [0.717, 1.165) is 41.0 Å². The summed E-state index contributed by atoms with van der Waals surface area (Å²) in [6, 6.07) is 0. The quantitative estimate of drug-likeness (QED) is 0.840. The minimum absolute atomic E-state index is 0.647. The molecule has 0 atom stereocenters. The summed E-state index contributed by atoms with van der Waals surface area (Å²) in [4.78, 5) is 9.01. The predicted octanol–water partition coefficient (Wildman–Crippen LogP) is 3.22. The second-order valence-electron chi connectivity index (χ2n) is 7.11. The highest BCUT2D eigenvalue weighted by atomic mass is 14.9. The number of hydrogen-bond donors (Lipinski definition) is 1. The van der Waals surface area contributed by atoms with Crippen LogP contribution >= 0.6 is 0 Å². The highest BCUT2D eigenvalue weighted by Crippen LogP contribution is 2.60. The lowest BCUT2D eigenvalue weighted by atomic mass is 9.50. The maximum atomic E-state index is 6.25. The summed E-state index contributed by atoms with van der Waals surface area (Å²) < 4.78 is 0. The topological polar surface area (TPSA) is 51.8 Å². The molecule has 0 radical (unpaired) electrons. The van der Waals surface area contributed by atoms with Gasteiger partial charge < -0.3 is 5.73 Å². The molecule has 19 heavy (non-hydrogen) atoms. The van der Waals surface area contributed by atoms with E-state index in [2.05, 4.69) is 16.9 Å². The van der Waals surface area contributed by atoms with Crippen LogP contribution in [0.2, 0.25) is 0 Å². The number of rotatable bonds is 1. The SMILES string of the molecule is Cc1nc(C)c(C2C3CC4CC(C3)CC2C4)c(N)n1. The van der Waals surface area contributed by atoms with E-state index in [-0.39, 0.29) is 0 Å². The summed E-state index contributed by atoms with van der Waals surface area (Å²) in [5, 5.41) is 0. The van der Waals surface area contributed by atoms with E-state index in [1.807, 2.05) is 6.92 Å². The molecule has 4 aliphatic rings. The van der Waals surface area contributed by atoms with Crippen molar-refractivity contribution in [2.24, 2.45) is 23.7 Å². The predicted molar refractivity (Wildman–Crippen MR) is 75.7 cm³/mol. The van der Waals surface area contributed by atoms with Crippen molar-refractivity contribution in [2.45, 2.75) is 51.9 Å². The Labute approximate surface area is 115 Å². The van der Waals surface area contributed by atoms with Crippen LogP contribution in [0.15, 0.2) is 0 Å². The van der Waals surface area contributed by atoms with Crippen molar-refractivity contribution in [3.63, 3.8) is 0 Å². The van der Waals surface area contributed by atoms with Crippen molar-refractivity contribution >= 4 is 5.82 Å². The van der Waals surface area contributed by atoms with Crippen molar-refractivity contribution in [3.8, 4) is 0 Å². The fourth-order valence-electron chi connectivity index (χ4n) is 5.56. The molecule has 4 fully saturated rings. The first-order valence-electron chi connectivity index (χ1n) is 7.72. The molecule has 0 aliphatic heterocycles. The number of nitrogen functional groups attached to an aromatic ring is 1. The largest absolute Gasteiger partial charge is 0.383 e. The average molecular weight is 257 g/mol. The van der Waals surface area contributed by atoms with Crippen molar-refractivity contribution in [1.82, 2.24) is 9.97 Å². The molecule has 1 aromatic heterocycles. The van der Waals surface area contributed by atoms with Crippen LogP contribution in [0.25, 0.3) is 0 Å². The molecule has 5 rings (SSSR count). The van der Waals surface area contributed by atoms with Gasteiger partial charge in [0.05, 0.1) is 0 Å². The number of nitrogens with zero attached hydrogens (tertiary/aromatic N) is 2. The number of nitrogens with two attached hydrogens (primary N) is 1. The Hall–Kier alpha value is -1.12. The van der Waals surface area contributed by atoms with Gasteiger partial charge >= 0.3 is 0 Å². The Morgan fingerprint density at radius 3 is 2.00 bits per heavy atom. The van der Waals surface area contributed by atoms with Crippen LogP contribution in [0.5, 0.6) is 0 Å². The molecule has 3 heteroatoms. The van der Waals surface area contributed by atoms with Crippen molar-refractivity contribution < 1.29 is 0 Å². The monoisotopic (exact) mass is 257 g/mol. The fraction of sp³-hybridized carbons (Fsp3) is 0.750. The molecule has 0 amide bonds. The molecule has 0 unspecified atom stereocenters. The summed E-state index contributed by atoms with van der Waals surface area (Å²) in [5.74, 6) is 5.92. The van der Waals surface area contributed by atoms with E-state index >= 15 is 0 Å². The third-order valence-corrected chi connectivity index (χ3v) is 5.84. The minimum Gasteiger partial charge on any atom is -0.383 e. The summed E-state index contributed by atoms with van der Waals surface area (Å²) in [6.07, 6.45) is 7.18. The Balaban J connectivity index is 1.77. The zero-order chi connectivity index (χ0) is 13.1. The van der Waals surface area contributed by atoms with Crippen LogP contribution in [0.1, 0.15) is 55.1 Å². The standard InChI is InChI=1S/C16H23N3/c1-8-14(16(17)19-9(2)18-8)15-12-4-10-3-11(6-12)7-13(15)5-10/h10-13,15H,3-7H2,1-2H3,(H2,17,18,19). The molecule has 4 saturated carbocycles. The van der Waals surface area contributed by atoms with Gasteiger partial charge in [0.15, 0.2) is 0 Å². The Morgan fingerprint density at radius 2 is 1.47 bits per heavy atom. The Kier molecular flexibility index (Phi) is 2.42. The van der Waals surface area contributed by atoms with Gasteiger partial charge in [0.25, 0.3) is 0 Å². The first kappa shape index (κ1) is 11.7. The summed E-state index contributed by atoms with van der Waals surface area (Å²) in [5.41, 5.74) is 8.67. The average Bonchev–Trinajstić information content (AvgIpc) is 2.30. The van der Waals surface area contributed by atoms with Crippen LogP contribution in [0.3, 0.4) is 0 Å². The second-order valence-corrected chi connectivity index (χ2v) is 7.11. The normalized spacial score (nSPS) is 39.8. The lowest BCUT2D eigenvalue weighted by Gasteiger charge is -2.54. The first-order chi connectivity index (χ1) is 9.11. The van der Waals surface area contributed by atoms with E-state index in [4.69, 9.17) is 5.73 Å². The summed E-state index contributed by atoms with van der Waals surface area (Å²) in [6.45, 7) is 4.05. The van der Waals surface area contributed by atoms with Gasteiger partial charge in [-0.3, -0.25) is 0 Å². The van der Waals surface area contributed by atoms with Crippen molar-refractivity contribution in [3.05, 3.63) is 17.1 Å². The molecular formula is C16H23N3. The van der Waals surface area contributed by atoms with Gasteiger partial charge in [0.1, 0.15) is 11.6 Å². The van der Waals surface area contributed by atoms with Crippen LogP contribution in [0.4, 0.5) is 5.82 Å². The van der Waals surface area contributed by atoms with E-state index in [9.17, 15) is 0 Å². The number of aryl methyl sites for hydroxylation is 2. The lowest BCUT2D eigenvalue weighted by Crippen LogP contribution is -2.44. The second kappa shape index (κ2) is 3.94. The smallest absolute Gasteiger partial charge is 0.130 e. The Morgan fingerprint density at radius 1 is 0.895 bits per heavy atom. The highest BCUT2D eigenvalue weighted by Gasteiger charge is 2.49. The van der Waals surface area contributed by atoms with Gasteiger partial charge in [-0.25, -0.2) is 9.97 Å². The maximum Gasteiger partial charge on any atom is 0.130 e. The van der Waals surface area contributed by atoms with Crippen LogP contribution in [-0.2, 0) is 0 Å². The molecule has 0 spiro atoms. The molecule has 0 saturated heterocycles. The zero-order valence-corrected chi connectivity index (χ0v) is 11.9. The van der Waals surface area contributed by atoms with E-state index in [1.54, 1.807) is 0 Å². The maximum absolute atomic E-state index is 6.25. The van der Waals surface area contributed by atoms with Gasteiger partial charge in [-0.05, 0) is 75.5 Å². The molecule has 102 valence electrons. The van der Waals surface area contributed by atoms with Gasteiger partial charge in [-0.2, -0.15) is 0 Å². The molecule has 1 aromatic rings. The lowest BCUT2D eigenvalue weighted by molar-refractivity contribution is -0.00297. The number of anilines is 1. The highest BCUT2D eigenvalue weighted by molar-refractivity contribution is 5.46. The molecule has 4 aliphatic carbocycles. The molecule has 3 nitrogen and oxygen atoms in total. The van der Waals surface area contributed by atoms with Gasteiger partial charge in [0, 0.05) is 11.3 Å². The van der Waals surface area contributed by atoms with Crippen LogP contribution < -0.4 is 5.73 Å². The molecule has 0 aromatic carbocycles. The molecule has 4 bridgehead atoms. The van der Waals surface area contributed by atoms with Gasteiger partial charge in [0.2, 0.25) is 0 Å². The third-order valence-electron chi connectivity index (χ3n) is 5.84. The fourth-order valence-corrected chi connectivity index (χ4v) is 5.56. The van der Waals surface area contributed by atoms with Crippen LogP contribution in [0, 0.1) is 37.5 Å². The number of hydrogen-bond acceptors (Lipinski definition) is 3. The molecular weight excluding hydrogens is 234 g/mol. The van der Waals surface area contributed by atoms with E-state index < -0.39 is 0 Å². The molecule has 1 heterocycles. The van der Waals surface area contributed by atoms with Gasteiger partial charge in [-0.1, -0.05) is 0 Å².